The summed E-state index contributed by atoms with van der Waals surface area (Å²) in [5.74, 6) is -0.110. The average molecular weight is 369 g/mol. The molecule has 0 saturated heterocycles. The molecule has 0 aliphatic rings. The van der Waals surface area contributed by atoms with E-state index in [1.165, 1.54) is 9.13 Å². The molecule has 2 rings (SSSR count). The van der Waals surface area contributed by atoms with Crippen LogP contribution in [0, 0.1) is 23.2 Å². The first-order valence-electron chi connectivity index (χ1n) is 6.22. The van der Waals surface area contributed by atoms with Crippen molar-refractivity contribution in [3.05, 3.63) is 68.0 Å². The number of benzene rings is 2. The van der Waals surface area contributed by atoms with Crippen LogP contribution in [0.2, 0.25) is 0 Å². The number of rotatable bonds is 3. The summed E-state index contributed by atoms with van der Waals surface area (Å²) in [7, 11) is 1.93. The third-order valence-electron chi connectivity index (χ3n) is 3.26. The molecule has 0 saturated carbocycles. The van der Waals surface area contributed by atoms with Gasteiger partial charge in [-0.15, -0.1) is 0 Å². The van der Waals surface area contributed by atoms with E-state index < -0.39 is 0 Å². The fraction of sp³-hybridized carbons (Fsp3) is 0.250. The minimum atomic E-state index is -0.110. The smallest absolute Gasteiger partial charge is 0.129 e. The van der Waals surface area contributed by atoms with E-state index in [0.717, 1.165) is 5.56 Å². The molecule has 0 aromatic heterocycles. The highest BCUT2D eigenvalue weighted by atomic mass is 127. The lowest BCUT2D eigenvalue weighted by atomic mass is 9.95. The van der Waals surface area contributed by atoms with Crippen molar-refractivity contribution in [1.82, 2.24) is 5.32 Å². The number of hydrogen-bond acceptors (Lipinski definition) is 1. The molecule has 1 unspecified atom stereocenters. The van der Waals surface area contributed by atoms with Crippen LogP contribution in [0.3, 0.4) is 0 Å². The predicted molar refractivity (Wildman–Crippen MR) is 85.9 cm³/mol. The molecular formula is C16H17FIN. The Kier molecular flexibility index (Phi) is 4.58. The van der Waals surface area contributed by atoms with Crippen LogP contribution in [0.25, 0.3) is 0 Å². The maximum absolute atomic E-state index is 13.7. The molecule has 0 fully saturated rings. The highest BCUT2D eigenvalue weighted by Gasteiger charge is 2.14. The summed E-state index contributed by atoms with van der Waals surface area (Å²) in [4.78, 5) is 0. The van der Waals surface area contributed by atoms with E-state index in [-0.39, 0.29) is 11.9 Å². The van der Waals surface area contributed by atoms with E-state index in [2.05, 4.69) is 46.1 Å². The zero-order valence-electron chi connectivity index (χ0n) is 11.3. The highest BCUT2D eigenvalue weighted by molar-refractivity contribution is 14.1. The van der Waals surface area contributed by atoms with Crippen LogP contribution in [0.4, 0.5) is 4.39 Å². The maximum atomic E-state index is 13.7. The van der Waals surface area contributed by atoms with Gasteiger partial charge >= 0.3 is 0 Å². The van der Waals surface area contributed by atoms with Crippen LogP contribution < -0.4 is 5.32 Å². The van der Waals surface area contributed by atoms with Crippen molar-refractivity contribution in [1.29, 1.82) is 0 Å². The van der Waals surface area contributed by atoms with Gasteiger partial charge in [-0.1, -0.05) is 24.3 Å². The molecule has 0 amide bonds. The summed E-state index contributed by atoms with van der Waals surface area (Å²) in [5.41, 5.74) is 3.68. The van der Waals surface area contributed by atoms with Crippen LogP contribution >= 0.6 is 22.6 Å². The van der Waals surface area contributed by atoms with Gasteiger partial charge in [-0.3, -0.25) is 0 Å². The first-order chi connectivity index (χ1) is 9.02. The first-order valence-corrected chi connectivity index (χ1v) is 7.30. The number of nitrogens with one attached hydrogen (secondary N) is 1. The molecule has 1 atom stereocenters. The molecule has 100 valence electrons. The standard InChI is InChI=1S/C16H17FIN/c1-10-7-13(8-11(2)15(10)17)16(19-3)12-5-4-6-14(18)9-12/h4-9,16,19H,1-3H3. The third-order valence-corrected chi connectivity index (χ3v) is 3.93. The Labute approximate surface area is 127 Å². The second kappa shape index (κ2) is 6.01. The minimum Gasteiger partial charge on any atom is -0.309 e. The van der Waals surface area contributed by atoms with Crippen LogP contribution in [0.15, 0.2) is 36.4 Å². The number of hydrogen-bond donors (Lipinski definition) is 1. The van der Waals surface area contributed by atoms with Crippen molar-refractivity contribution in [2.24, 2.45) is 0 Å². The molecular weight excluding hydrogens is 352 g/mol. The molecule has 0 aliphatic carbocycles. The van der Waals surface area contributed by atoms with E-state index in [1.807, 2.05) is 39.1 Å². The monoisotopic (exact) mass is 369 g/mol. The first kappa shape index (κ1) is 14.5. The van der Waals surface area contributed by atoms with E-state index in [1.54, 1.807) is 0 Å². The topological polar surface area (TPSA) is 12.0 Å². The zero-order valence-corrected chi connectivity index (χ0v) is 13.5. The van der Waals surface area contributed by atoms with E-state index in [9.17, 15) is 4.39 Å². The van der Waals surface area contributed by atoms with Gasteiger partial charge in [0, 0.05) is 3.57 Å². The van der Waals surface area contributed by atoms with Crippen molar-refractivity contribution in [3.63, 3.8) is 0 Å². The van der Waals surface area contributed by atoms with E-state index in [0.29, 0.717) is 11.1 Å². The predicted octanol–water partition coefficient (Wildman–Crippen LogP) is 4.36. The molecule has 0 aliphatic heterocycles. The van der Waals surface area contributed by atoms with E-state index >= 15 is 0 Å². The maximum Gasteiger partial charge on any atom is 0.129 e. The van der Waals surface area contributed by atoms with Gasteiger partial charge < -0.3 is 5.32 Å². The SMILES string of the molecule is CNC(c1cccc(I)c1)c1cc(C)c(F)c(C)c1. The fourth-order valence-corrected chi connectivity index (χ4v) is 2.93. The van der Waals surface area contributed by atoms with E-state index in [4.69, 9.17) is 0 Å². The Morgan fingerprint density at radius 3 is 2.21 bits per heavy atom. The molecule has 2 aromatic carbocycles. The lowest BCUT2D eigenvalue weighted by Gasteiger charge is -2.19. The van der Waals surface area contributed by atoms with Gasteiger partial charge in [-0.05, 0) is 77.9 Å². The lowest BCUT2D eigenvalue weighted by Crippen LogP contribution is -2.18. The molecule has 2 aromatic rings. The fourth-order valence-electron chi connectivity index (χ4n) is 2.36. The van der Waals surface area contributed by atoms with Gasteiger partial charge in [0.05, 0.1) is 6.04 Å². The Hall–Kier alpha value is -0.940. The lowest BCUT2D eigenvalue weighted by molar-refractivity contribution is 0.604. The van der Waals surface area contributed by atoms with Crippen molar-refractivity contribution in [2.75, 3.05) is 7.05 Å². The van der Waals surface area contributed by atoms with Crippen molar-refractivity contribution in [2.45, 2.75) is 19.9 Å². The van der Waals surface area contributed by atoms with Gasteiger partial charge in [0.25, 0.3) is 0 Å². The molecule has 3 heteroatoms. The molecule has 0 bridgehead atoms. The Bertz CT molecular complexity index is 572. The normalized spacial score (nSPS) is 12.5. The largest absolute Gasteiger partial charge is 0.309 e. The number of halogens is 2. The zero-order chi connectivity index (χ0) is 14.0. The summed E-state index contributed by atoms with van der Waals surface area (Å²) in [6, 6.07) is 12.3. The van der Waals surface area contributed by atoms with Crippen LogP contribution in [-0.4, -0.2) is 7.05 Å². The molecule has 0 radical (unpaired) electrons. The molecule has 0 spiro atoms. The van der Waals surface area contributed by atoms with Gasteiger partial charge in [0.1, 0.15) is 5.82 Å². The van der Waals surface area contributed by atoms with Gasteiger partial charge in [0.2, 0.25) is 0 Å². The summed E-state index contributed by atoms with van der Waals surface area (Å²) in [6.07, 6.45) is 0. The Morgan fingerprint density at radius 1 is 1.05 bits per heavy atom. The van der Waals surface area contributed by atoms with Gasteiger partial charge in [-0.25, -0.2) is 4.39 Å². The molecule has 1 N–H and O–H groups in total. The van der Waals surface area contributed by atoms with Crippen molar-refractivity contribution >= 4 is 22.6 Å². The van der Waals surface area contributed by atoms with Crippen molar-refractivity contribution in [3.8, 4) is 0 Å². The molecule has 1 nitrogen and oxygen atoms in total. The van der Waals surface area contributed by atoms with Crippen LogP contribution in [-0.2, 0) is 0 Å². The van der Waals surface area contributed by atoms with Crippen LogP contribution in [0.1, 0.15) is 28.3 Å². The van der Waals surface area contributed by atoms with Crippen molar-refractivity contribution < 1.29 is 4.39 Å². The Morgan fingerprint density at radius 2 is 1.68 bits per heavy atom. The second-order valence-electron chi connectivity index (χ2n) is 4.75. The second-order valence-corrected chi connectivity index (χ2v) is 5.99. The summed E-state index contributed by atoms with van der Waals surface area (Å²) in [6.45, 7) is 3.63. The summed E-state index contributed by atoms with van der Waals surface area (Å²) < 4.78 is 14.9. The molecule has 19 heavy (non-hydrogen) atoms. The number of aryl methyl sites for hydroxylation is 2. The van der Waals surface area contributed by atoms with Gasteiger partial charge in [0.15, 0.2) is 0 Å². The van der Waals surface area contributed by atoms with Gasteiger partial charge in [-0.2, -0.15) is 0 Å². The molecule has 0 heterocycles. The third kappa shape index (κ3) is 3.15. The Balaban J connectivity index is 2.48. The summed E-state index contributed by atoms with van der Waals surface area (Å²) >= 11 is 2.31. The summed E-state index contributed by atoms with van der Waals surface area (Å²) in [5, 5.41) is 3.31. The van der Waals surface area contributed by atoms with Crippen LogP contribution in [0.5, 0.6) is 0 Å². The highest BCUT2D eigenvalue weighted by Crippen LogP contribution is 2.26. The average Bonchev–Trinajstić information content (AvgIpc) is 2.37. The minimum absolute atomic E-state index is 0.0905. The quantitative estimate of drug-likeness (QED) is 0.793.